The number of ether oxygens (including phenoxy) is 1. The van der Waals surface area contributed by atoms with Crippen LogP contribution < -0.4 is 0 Å². The van der Waals surface area contributed by atoms with Crippen molar-refractivity contribution < 1.29 is 27.1 Å². The Morgan fingerprint density at radius 3 is 2.23 bits per heavy atom. The summed E-state index contributed by atoms with van der Waals surface area (Å²) >= 11 is 0. The first-order valence-electron chi connectivity index (χ1n) is 3.13. The third-order valence-corrected chi connectivity index (χ3v) is 1.07. The second kappa shape index (κ2) is 3.60. The highest BCUT2D eigenvalue weighted by molar-refractivity contribution is 5.79. The molecular formula is C6H5F4NO2. The number of carbonyl (C=O) groups excluding carboxylic acids is 1. The number of nitrogens with zero attached hydrogens (tertiary/aromatic N) is 1. The predicted octanol–water partition coefficient (Wildman–Crippen LogP) is 1.34. The molecule has 0 amide bonds. The Labute approximate surface area is 70.9 Å². The molecule has 0 saturated heterocycles. The molecule has 7 heteroatoms. The van der Waals surface area contributed by atoms with Crippen molar-refractivity contribution in [2.24, 2.45) is 0 Å². The van der Waals surface area contributed by atoms with Gasteiger partial charge in [-0.3, -0.25) is 0 Å². The minimum Gasteiger partial charge on any atom is -0.461 e. The minimum absolute atomic E-state index is 0.0367. The summed E-state index contributed by atoms with van der Waals surface area (Å²) in [5.74, 6) is -12.5. The monoisotopic (exact) mass is 199 g/mol. The van der Waals surface area contributed by atoms with Crippen LogP contribution in [0.1, 0.15) is 6.92 Å². The molecule has 0 atom stereocenters. The van der Waals surface area contributed by atoms with Gasteiger partial charge >= 0.3 is 17.8 Å². The van der Waals surface area contributed by atoms with Gasteiger partial charge in [0.25, 0.3) is 0 Å². The number of rotatable bonds is 3. The first-order valence-corrected chi connectivity index (χ1v) is 3.13. The summed E-state index contributed by atoms with van der Waals surface area (Å²) in [6.07, 6.45) is 0. The Kier molecular flexibility index (Phi) is 3.23. The Morgan fingerprint density at radius 1 is 1.46 bits per heavy atom. The van der Waals surface area contributed by atoms with Crippen molar-refractivity contribution in [3.05, 3.63) is 0 Å². The molecule has 74 valence electrons. The van der Waals surface area contributed by atoms with Gasteiger partial charge in [-0.05, 0) is 6.92 Å². The van der Waals surface area contributed by atoms with E-state index >= 15 is 0 Å². The van der Waals surface area contributed by atoms with Gasteiger partial charge in [-0.1, -0.05) is 0 Å². The minimum atomic E-state index is -5.10. The van der Waals surface area contributed by atoms with Crippen LogP contribution in [0.25, 0.3) is 0 Å². The maximum atomic E-state index is 12.3. The second-order valence-electron chi connectivity index (χ2n) is 1.98. The number of halogens is 4. The lowest BCUT2D eigenvalue weighted by Crippen LogP contribution is -2.47. The molecule has 0 aliphatic heterocycles. The maximum absolute atomic E-state index is 12.3. The van der Waals surface area contributed by atoms with Gasteiger partial charge < -0.3 is 4.74 Å². The van der Waals surface area contributed by atoms with Crippen molar-refractivity contribution in [1.82, 2.24) is 0 Å². The highest BCUT2D eigenvalue weighted by Gasteiger charge is 2.64. The smallest absolute Gasteiger partial charge is 0.418 e. The van der Waals surface area contributed by atoms with E-state index < -0.39 is 24.4 Å². The summed E-state index contributed by atoms with van der Waals surface area (Å²) in [5, 5.41) is 7.66. The van der Waals surface area contributed by atoms with E-state index in [1.54, 1.807) is 0 Å². The first-order chi connectivity index (χ1) is 5.79. The number of hydrogen-bond donors (Lipinski definition) is 0. The van der Waals surface area contributed by atoms with Crippen LogP contribution in [0.4, 0.5) is 17.6 Å². The van der Waals surface area contributed by atoms with E-state index in [1.807, 2.05) is 0 Å². The van der Waals surface area contributed by atoms with Gasteiger partial charge in [-0.25, -0.2) is 4.79 Å². The average molecular weight is 199 g/mol. The largest absolute Gasteiger partial charge is 0.461 e. The molecule has 13 heavy (non-hydrogen) atoms. The van der Waals surface area contributed by atoms with Gasteiger partial charge in [0.1, 0.15) is 6.07 Å². The van der Waals surface area contributed by atoms with E-state index in [0.717, 1.165) is 0 Å². The van der Waals surface area contributed by atoms with Crippen molar-refractivity contribution >= 4 is 5.97 Å². The maximum Gasteiger partial charge on any atom is 0.418 e. The van der Waals surface area contributed by atoms with Crippen LogP contribution >= 0.6 is 0 Å². The van der Waals surface area contributed by atoms with Crippen molar-refractivity contribution in [2.45, 2.75) is 18.8 Å². The van der Waals surface area contributed by atoms with Gasteiger partial charge in [-0.15, -0.1) is 0 Å². The van der Waals surface area contributed by atoms with E-state index in [4.69, 9.17) is 5.26 Å². The quantitative estimate of drug-likeness (QED) is 0.509. The van der Waals surface area contributed by atoms with E-state index in [2.05, 4.69) is 4.74 Å². The molecular weight excluding hydrogens is 194 g/mol. The molecule has 0 saturated carbocycles. The number of esters is 1. The standard InChI is InChI=1S/C6H5F4NO2/c1-2-13-4(12)6(9,10)5(7,8)3-11/h2H2,1H3. The summed E-state index contributed by atoms with van der Waals surface area (Å²) in [7, 11) is 0. The summed E-state index contributed by atoms with van der Waals surface area (Å²) < 4.78 is 52.5. The van der Waals surface area contributed by atoms with Crippen LogP contribution in [0.5, 0.6) is 0 Å². The second-order valence-corrected chi connectivity index (χ2v) is 1.98. The average Bonchev–Trinajstić information content (AvgIpc) is 2.04. The molecule has 0 aromatic rings. The van der Waals surface area contributed by atoms with Crippen LogP contribution in [-0.2, 0) is 9.53 Å². The van der Waals surface area contributed by atoms with Crippen molar-refractivity contribution in [1.29, 1.82) is 5.26 Å². The number of hydrogen-bond acceptors (Lipinski definition) is 3. The SMILES string of the molecule is CCOC(=O)C(F)(F)C(F)(F)C#N. The third kappa shape index (κ3) is 2.08. The molecule has 3 nitrogen and oxygen atoms in total. The zero-order valence-electron chi connectivity index (χ0n) is 6.48. The molecule has 0 bridgehead atoms. The topological polar surface area (TPSA) is 50.1 Å². The molecule has 0 aromatic heterocycles. The summed E-state index contributed by atoms with van der Waals surface area (Å²) in [4.78, 5) is 10.3. The van der Waals surface area contributed by atoms with Crippen LogP contribution in [0.15, 0.2) is 0 Å². The van der Waals surface area contributed by atoms with Gasteiger partial charge in [0.15, 0.2) is 0 Å². The van der Waals surface area contributed by atoms with E-state index in [9.17, 15) is 22.4 Å². The van der Waals surface area contributed by atoms with Crippen LogP contribution in [0.2, 0.25) is 0 Å². The molecule has 0 rings (SSSR count). The molecule has 0 heterocycles. The van der Waals surface area contributed by atoms with Crippen LogP contribution in [0, 0.1) is 11.3 Å². The molecule has 0 radical (unpaired) electrons. The summed E-state index contributed by atoms with van der Waals surface area (Å²) in [6.45, 7) is 0.717. The Bertz CT molecular complexity index is 246. The van der Waals surface area contributed by atoms with Gasteiger partial charge in [-0.2, -0.15) is 22.8 Å². The summed E-state index contributed by atoms with van der Waals surface area (Å²) in [6, 6.07) is 0.0367. The lowest BCUT2D eigenvalue weighted by molar-refractivity contribution is -0.210. The molecule has 0 aliphatic rings. The number of carbonyl (C=O) groups is 1. The highest BCUT2D eigenvalue weighted by atomic mass is 19.3. The fourth-order valence-electron chi connectivity index (χ4n) is 0.420. The fourth-order valence-corrected chi connectivity index (χ4v) is 0.420. The fraction of sp³-hybridized carbons (Fsp3) is 0.667. The van der Waals surface area contributed by atoms with E-state index in [1.165, 1.54) is 6.92 Å². The molecule has 0 aliphatic carbocycles. The lowest BCUT2D eigenvalue weighted by atomic mass is 10.2. The van der Waals surface area contributed by atoms with Gasteiger partial charge in [0, 0.05) is 0 Å². The highest BCUT2D eigenvalue weighted by Crippen LogP contribution is 2.34. The van der Waals surface area contributed by atoms with Gasteiger partial charge in [0.05, 0.1) is 6.61 Å². The zero-order chi connectivity index (χ0) is 10.7. The lowest BCUT2D eigenvalue weighted by Gasteiger charge is -2.18. The Hall–Kier alpha value is -1.32. The van der Waals surface area contributed by atoms with Crippen LogP contribution in [0.3, 0.4) is 0 Å². The molecule has 0 aromatic carbocycles. The third-order valence-electron chi connectivity index (χ3n) is 1.07. The van der Waals surface area contributed by atoms with Crippen molar-refractivity contribution in [2.75, 3.05) is 6.61 Å². The summed E-state index contributed by atoms with van der Waals surface area (Å²) in [5.41, 5.74) is 0. The van der Waals surface area contributed by atoms with Crippen molar-refractivity contribution in [3.63, 3.8) is 0 Å². The van der Waals surface area contributed by atoms with E-state index in [0.29, 0.717) is 0 Å². The molecule has 0 fully saturated rings. The normalized spacial score (nSPS) is 12.0. The molecule has 0 spiro atoms. The van der Waals surface area contributed by atoms with Crippen LogP contribution in [-0.4, -0.2) is 24.4 Å². The first kappa shape index (κ1) is 11.7. The zero-order valence-corrected chi connectivity index (χ0v) is 6.48. The number of alkyl halides is 4. The number of nitriles is 1. The van der Waals surface area contributed by atoms with E-state index in [-0.39, 0.29) is 6.07 Å². The van der Waals surface area contributed by atoms with Gasteiger partial charge in [0.2, 0.25) is 0 Å². The Morgan fingerprint density at radius 2 is 1.92 bits per heavy atom. The van der Waals surface area contributed by atoms with Crippen molar-refractivity contribution in [3.8, 4) is 6.07 Å². The molecule has 0 unspecified atom stereocenters. The predicted molar refractivity (Wildman–Crippen MR) is 32.1 cm³/mol. The Balaban J connectivity index is 4.77. The molecule has 0 N–H and O–H groups in total.